The molecule has 0 fully saturated rings. The Labute approximate surface area is 74.1 Å². The number of methoxy groups -OCH3 is 2. The van der Waals surface area contributed by atoms with Gasteiger partial charge in [-0.1, -0.05) is 0 Å². The Hall–Kier alpha value is -0.160. The Morgan fingerprint density at radius 2 is 1.83 bits per heavy atom. The fraction of sp³-hybridized carbons (Fsp3) is 1.00. The van der Waals surface area contributed by atoms with Gasteiger partial charge in [-0.15, -0.1) is 0 Å². The molecular formula is C8H19NO3. The highest BCUT2D eigenvalue weighted by Crippen LogP contribution is 1.95. The summed E-state index contributed by atoms with van der Waals surface area (Å²) in [6.45, 7) is 5.14. The van der Waals surface area contributed by atoms with Crippen LogP contribution in [0.3, 0.4) is 0 Å². The summed E-state index contributed by atoms with van der Waals surface area (Å²) in [5, 5.41) is 0. The lowest BCUT2D eigenvalue weighted by Gasteiger charge is -2.19. The second-order valence-corrected chi connectivity index (χ2v) is 2.69. The minimum atomic E-state index is 0.146. The van der Waals surface area contributed by atoms with Crippen LogP contribution in [0.2, 0.25) is 0 Å². The highest BCUT2D eigenvalue weighted by atomic mass is 16.7. The van der Waals surface area contributed by atoms with Crippen molar-refractivity contribution in [3.05, 3.63) is 0 Å². The van der Waals surface area contributed by atoms with Gasteiger partial charge in [0, 0.05) is 14.2 Å². The molecule has 4 nitrogen and oxygen atoms in total. The zero-order chi connectivity index (χ0) is 9.40. The maximum atomic E-state index is 5.10. The first kappa shape index (κ1) is 11.8. The van der Waals surface area contributed by atoms with E-state index in [9.17, 15) is 0 Å². The Morgan fingerprint density at radius 3 is 2.33 bits per heavy atom. The third kappa shape index (κ3) is 5.49. The second kappa shape index (κ2) is 7.49. The van der Waals surface area contributed by atoms with E-state index >= 15 is 0 Å². The highest BCUT2D eigenvalue weighted by Gasteiger charge is 2.09. The van der Waals surface area contributed by atoms with Gasteiger partial charge in [0.15, 0.2) is 0 Å². The van der Waals surface area contributed by atoms with Crippen molar-refractivity contribution in [1.82, 2.24) is 5.48 Å². The van der Waals surface area contributed by atoms with Crippen LogP contribution >= 0.6 is 0 Å². The van der Waals surface area contributed by atoms with Gasteiger partial charge >= 0.3 is 0 Å². The monoisotopic (exact) mass is 177 g/mol. The standard InChI is InChI=1S/C8H19NO3/c1-7(8(2)11-4)9-12-6-5-10-3/h7-9H,5-6H2,1-4H3. The summed E-state index contributed by atoms with van der Waals surface area (Å²) in [4.78, 5) is 5.10. The first-order chi connectivity index (χ1) is 5.72. The summed E-state index contributed by atoms with van der Waals surface area (Å²) in [6, 6.07) is 0.187. The first-order valence-corrected chi connectivity index (χ1v) is 4.11. The van der Waals surface area contributed by atoms with Crippen LogP contribution in [0.25, 0.3) is 0 Å². The van der Waals surface area contributed by atoms with Gasteiger partial charge < -0.3 is 9.47 Å². The largest absolute Gasteiger partial charge is 0.382 e. The van der Waals surface area contributed by atoms with E-state index in [1.807, 2.05) is 13.8 Å². The number of ether oxygens (including phenoxy) is 2. The van der Waals surface area contributed by atoms with Crippen LogP contribution in [0, 0.1) is 0 Å². The van der Waals surface area contributed by atoms with Crippen molar-refractivity contribution in [2.45, 2.75) is 26.0 Å². The fourth-order valence-electron chi connectivity index (χ4n) is 0.615. The van der Waals surface area contributed by atoms with E-state index in [0.29, 0.717) is 13.2 Å². The lowest BCUT2D eigenvalue weighted by Crippen LogP contribution is -2.37. The van der Waals surface area contributed by atoms with Crippen LogP contribution in [0.4, 0.5) is 0 Å². The third-order valence-corrected chi connectivity index (χ3v) is 1.73. The topological polar surface area (TPSA) is 39.7 Å². The Kier molecular flexibility index (Phi) is 7.39. The Bertz CT molecular complexity index is 100. The quantitative estimate of drug-likeness (QED) is 0.456. The smallest absolute Gasteiger partial charge is 0.0916 e. The average Bonchev–Trinajstić information content (AvgIpc) is 2.10. The summed E-state index contributed by atoms with van der Waals surface area (Å²) in [6.07, 6.45) is 0.146. The molecule has 0 rings (SSSR count). The molecule has 0 aliphatic heterocycles. The zero-order valence-electron chi connectivity index (χ0n) is 8.29. The third-order valence-electron chi connectivity index (χ3n) is 1.73. The lowest BCUT2D eigenvalue weighted by molar-refractivity contribution is -0.0405. The van der Waals surface area contributed by atoms with Gasteiger partial charge in [-0.2, -0.15) is 5.48 Å². The van der Waals surface area contributed by atoms with Gasteiger partial charge in [0.1, 0.15) is 0 Å². The molecule has 0 aliphatic rings. The van der Waals surface area contributed by atoms with Gasteiger partial charge in [-0.25, -0.2) is 0 Å². The van der Waals surface area contributed by atoms with Crippen molar-refractivity contribution in [2.75, 3.05) is 27.4 Å². The van der Waals surface area contributed by atoms with Crippen molar-refractivity contribution < 1.29 is 14.3 Å². The molecule has 0 aromatic rings. The molecule has 1 N–H and O–H groups in total. The SMILES string of the molecule is COCCONC(C)C(C)OC. The van der Waals surface area contributed by atoms with Crippen molar-refractivity contribution in [2.24, 2.45) is 0 Å². The Balaban J connectivity index is 3.24. The molecule has 0 aromatic heterocycles. The molecule has 0 aromatic carbocycles. The number of hydrogen-bond donors (Lipinski definition) is 1. The van der Waals surface area contributed by atoms with E-state index < -0.39 is 0 Å². The minimum Gasteiger partial charge on any atom is -0.382 e. The van der Waals surface area contributed by atoms with Gasteiger partial charge in [-0.3, -0.25) is 4.84 Å². The van der Waals surface area contributed by atoms with E-state index in [0.717, 1.165) is 0 Å². The molecule has 0 saturated heterocycles. The number of rotatable bonds is 7. The summed E-state index contributed by atoms with van der Waals surface area (Å²) in [7, 11) is 3.32. The average molecular weight is 177 g/mol. The molecule has 0 aliphatic carbocycles. The van der Waals surface area contributed by atoms with Gasteiger partial charge in [0.25, 0.3) is 0 Å². The normalized spacial score (nSPS) is 16.0. The molecule has 0 amide bonds. The number of nitrogens with one attached hydrogen (secondary N) is 1. The minimum absolute atomic E-state index is 0.146. The summed E-state index contributed by atoms with van der Waals surface area (Å²) < 4.78 is 9.91. The van der Waals surface area contributed by atoms with Crippen LogP contribution in [-0.2, 0) is 14.3 Å². The van der Waals surface area contributed by atoms with E-state index in [1.165, 1.54) is 0 Å². The highest BCUT2D eigenvalue weighted by molar-refractivity contribution is 4.62. The van der Waals surface area contributed by atoms with Crippen LogP contribution in [0.15, 0.2) is 0 Å². The van der Waals surface area contributed by atoms with E-state index in [-0.39, 0.29) is 12.1 Å². The van der Waals surface area contributed by atoms with Crippen molar-refractivity contribution in [1.29, 1.82) is 0 Å². The van der Waals surface area contributed by atoms with Gasteiger partial charge in [-0.05, 0) is 13.8 Å². The first-order valence-electron chi connectivity index (χ1n) is 4.11. The molecule has 2 unspecified atom stereocenters. The molecule has 2 atom stereocenters. The van der Waals surface area contributed by atoms with Crippen LogP contribution in [0.5, 0.6) is 0 Å². The lowest BCUT2D eigenvalue weighted by atomic mass is 10.2. The van der Waals surface area contributed by atoms with E-state index in [1.54, 1.807) is 14.2 Å². The summed E-state index contributed by atoms with van der Waals surface area (Å²) in [5.41, 5.74) is 2.86. The predicted molar refractivity (Wildman–Crippen MR) is 46.9 cm³/mol. The fourth-order valence-corrected chi connectivity index (χ4v) is 0.615. The van der Waals surface area contributed by atoms with E-state index in [2.05, 4.69) is 5.48 Å². The van der Waals surface area contributed by atoms with Gasteiger partial charge in [0.05, 0.1) is 25.4 Å². The Morgan fingerprint density at radius 1 is 1.17 bits per heavy atom. The van der Waals surface area contributed by atoms with Crippen LogP contribution in [-0.4, -0.2) is 39.6 Å². The molecule has 0 radical (unpaired) electrons. The zero-order valence-corrected chi connectivity index (χ0v) is 8.29. The molecule has 4 heteroatoms. The molecule has 0 bridgehead atoms. The van der Waals surface area contributed by atoms with Crippen LogP contribution in [0.1, 0.15) is 13.8 Å². The second-order valence-electron chi connectivity index (χ2n) is 2.69. The molecule has 0 saturated carbocycles. The molecule has 74 valence electrons. The summed E-state index contributed by atoms with van der Waals surface area (Å²) in [5.74, 6) is 0. The number of hydroxylamine groups is 1. The maximum absolute atomic E-state index is 5.10. The molecule has 0 spiro atoms. The van der Waals surface area contributed by atoms with Crippen LogP contribution < -0.4 is 5.48 Å². The summed E-state index contributed by atoms with van der Waals surface area (Å²) >= 11 is 0. The molecule has 0 heterocycles. The van der Waals surface area contributed by atoms with Crippen molar-refractivity contribution >= 4 is 0 Å². The van der Waals surface area contributed by atoms with E-state index in [4.69, 9.17) is 14.3 Å². The van der Waals surface area contributed by atoms with Crippen molar-refractivity contribution in [3.8, 4) is 0 Å². The van der Waals surface area contributed by atoms with Crippen molar-refractivity contribution in [3.63, 3.8) is 0 Å². The molecular weight excluding hydrogens is 158 g/mol. The maximum Gasteiger partial charge on any atom is 0.0916 e. The number of hydrogen-bond acceptors (Lipinski definition) is 4. The predicted octanol–water partition coefficient (Wildman–Crippen LogP) is 0.577. The van der Waals surface area contributed by atoms with Gasteiger partial charge in [0.2, 0.25) is 0 Å². The molecule has 12 heavy (non-hydrogen) atoms.